The highest BCUT2D eigenvalue weighted by Gasteiger charge is 2.16. The van der Waals surface area contributed by atoms with Crippen molar-refractivity contribution >= 4 is 11.9 Å². The summed E-state index contributed by atoms with van der Waals surface area (Å²) in [5, 5.41) is 11.1. The number of hydrogen-bond donors (Lipinski definition) is 3. The molecule has 0 aliphatic carbocycles. The first kappa shape index (κ1) is 17.5. The Morgan fingerprint density at radius 1 is 1.38 bits per heavy atom. The molecule has 2 rings (SSSR count). The van der Waals surface area contributed by atoms with Crippen molar-refractivity contribution in [3.8, 4) is 11.3 Å². The number of nitrogens with two attached hydrogens (primary N) is 1. The summed E-state index contributed by atoms with van der Waals surface area (Å²) in [5.41, 5.74) is 7.20. The molecule has 2 aromatic rings. The number of carboxylic acids is 1. The van der Waals surface area contributed by atoms with Gasteiger partial charge >= 0.3 is 5.97 Å². The molecule has 8 heteroatoms. The summed E-state index contributed by atoms with van der Waals surface area (Å²) in [7, 11) is 0. The predicted molar refractivity (Wildman–Crippen MR) is 84.7 cm³/mol. The maximum atomic E-state index is 13.9. The number of aliphatic carboxylic acids is 1. The van der Waals surface area contributed by atoms with Crippen molar-refractivity contribution in [2.24, 2.45) is 5.73 Å². The third kappa shape index (κ3) is 4.11. The molecule has 0 fully saturated rings. The number of carboxylic acid groups (broad SMARTS) is 1. The molecule has 7 nitrogen and oxygen atoms in total. The number of aryl methyl sites for hydroxylation is 1. The highest BCUT2D eigenvalue weighted by molar-refractivity contribution is 5.95. The average molecular weight is 332 g/mol. The molecule has 1 atom stereocenters. The number of carbonyl (C=O) groups is 2. The van der Waals surface area contributed by atoms with Crippen LogP contribution in [-0.2, 0) is 11.2 Å². The maximum absolute atomic E-state index is 13.9. The molecule has 4 N–H and O–H groups in total. The monoisotopic (exact) mass is 332 g/mol. The zero-order valence-corrected chi connectivity index (χ0v) is 13.0. The van der Waals surface area contributed by atoms with Gasteiger partial charge in [-0.2, -0.15) is 0 Å². The van der Waals surface area contributed by atoms with Crippen LogP contribution in [0, 0.1) is 5.82 Å². The molecule has 0 aliphatic rings. The second-order valence-electron chi connectivity index (χ2n) is 5.13. The number of nitrogens with zero attached hydrogens (tertiary/aromatic N) is 2. The van der Waals surface area contributed by atoms with Crippen LogP contribution in [0.2, 0.25) is 0 Å². The SMILES string of the molecule is CCc1cncnc1-c1cc(F)cc(C(=O)NC[C@@H](N)C(=O)O)c1. The summed E-state index contributed by atoms with van der Waals surface area (Å²) in [4.78, 5) is 30.8. The minimum absolute atomic E-state index is 0.0586. The number of benzene rings is 1. The fourth-order valence-electron chi connectivity index (χ4n) is 2.13. The first-order valence-corrected chi connectivity index (χ1v) is 7.28. The molecule has 0 saturated carbocycles. The molecule has 1 aromatic carbocycles. The normalized spacial score (nSPS) is 11.8. The number of hydrogen-bond acceptors (Lipinski definition) is 5. The molecule has 0 aliphatic heterocycles. The van der Waals surface area contributed by atoms with E-state index in [-0.39, 0.29) is 12.1 Å². The van der Waals surface area contributed by atoms with Crippen molar-refractivity contribution in [3.63, 3.8) is 0 Å². The highest BCUT2D eigenvalue weighted by atomic mass is 19.1. The Hall–Kier alpha value is -2.87. The summed E-state index contributed by atoms with van der Waals surface area (Å²) < 4.78 is 13.9. The lowest BCUT2D eigenvalue weighted by atomic mass is 10.0. The van der Waals surface area contributed by atoms with Gasteiger partial charge in [-0.05, 0) is 30.2 Å². The van der Waals surface area contributed by atoms with Gasteiger partial charge in [-0.3, -0.25) is 9.59 Å². The second-order valence-corrected chi connectivity index (χ2v) is 5.13. The number of rotatable bonds is 6. The fraction of sp³-hybridized carbons (Fsp3) is 0.250. The van der Waals surface area contributed by atoms with Crippen molar-refractivity contribution in [2.45, 2.75) is 19.4 Å². The van der Waals surface area contributed by atoms with Crippen LogP contribution in [0.4, 0.5) is 4.39 Å². The zero-order chi connectivity index (χ0) is 17.7. The van der Waals surface area contributed by atoms with Gasteiger partial charge in [0.1, 0.15) is 18.2 Å². The molecule has 24 heavy (non-hydrogen) atoms. The number of aromatic nitrogens is 2. The van der Waals surface area contributed by atoms with Crippen molar-refractivity contribution in [3.05, 3.63) is 47.7 Å². The van der Waals surface area contributed by atoms with E-state index in [1.54, 1.807) is 6.20 Å². The van der Waals surface area contributed by atoms with Crippen LogP contribution in [0.25, 0.3) is 11.3 Å². The first-order valence-electron chi connectivity index (χ1n) is 7.28. The lowest BCUT2D eigenvalue weighted by Crippen LogP contribution is -2.42. The molecule has 0 saturated heterocycles. The third-order valence-electron chi connectivity index (χ3n) is 3.40. The molecule has 1 aromatic heterocycles. The van der Waals surface area contributed by atoms with Crippen LogP contribution in [0.3, 0.4) is 0 Å². The van der Waals surface area contributed by atoms with E-state index < -0.39 is 23.7 Å². The van der Waals surface area contributed by atoms with Crippen LogP contribution in [0.1, 0.15) is 22.8 Å². The lowest BCUT2D eigenvalue weighted by Gasteiger charge is -2.11. The van der Waals surface area contributed by atoms with Crippen LogP contribution in [-0.4, -0.2) is 39.5 Å². The number of carbonyl (C=O) groups excluding carboxylic acids is 1. The van der Waals surface area contributed by atoms with Crippen LogP contribution >= 0.6 is 0 Å². The second kappa shape index (κ2) is 7.60. The van der Waals surface area contributed by atoms with Gasteiger partial charge in [-0.15, -0.1) is 0 Å². The van der Waals surface area contributed by atoms with Crippen LogP contribution < -0.4 is 11.1 Å². The Balaban J connectivity index is 2.28. The summed E-state index contributed by atoms with van der Waals surface area (Å²) in [6.07, 6.45) is 3.64. The van der Waals surface area contributed by atoms with E-state index in [0.717, 1.165) is 11.6 Å². The smallest absolute Gasteiger partial charge is 0.322 e. The molecule has 126 valence electrons. The van der Waals surface area contributed by atoms with Gasteiger partial charge in [-0.25, -0.2) is 14.4 Å². The van der Waals surface area contributed by atoms with Gasteiger partial charge in [-0.1, -0.05) is 6.92 Å². The largest absolute Gasteiger partial charge is 0.480 e. The minimum Gasteiger partial charge on any atom is -0.480 e. The van der Waals surface area contributed by atoms with Gasteiger partial charge in [0.2, 0.25) is 0 Å². The number of nitrogens with one attached hydrogen (secondary N) is 1. The van der Waals surface area contributed by atoms with Gasteiger partial charge in [0.25, 0.3) is 5.91 Å². The van der Waals surface area contributed by atoms with Gasteiger partial charge in [0.15, 0.2) is 0 Å². The topological polar surface area (TPSA) is 118 Å². The Labute approximate surface area is 137 Å². The lowest BCUT2D eigenvalue weighted by molar-refractivity contribution is -0.138. The van der Waals surface area contributed by atoms with E-state index in [4.69, 9.17) is 10.8 Å². The molecule has 0 bridgehead atoms. The Morgan fingerprint density at radius 2 is 2.12 bits per heavy atom. The van der Waals surface area contributed by atoms with Crippen molar-refractivity contribution in [1.29, 1.82) is 0 Å². The summed E-state index contributed by atoms with van der Waals surface area (Å²) in [5.74, 6) is -2.44. The molecule has 0 spiro atoms. The van der Waals surface area contributed by atoms with Crippen molar-refractivity contribution < 1.29 is 19.1 Å². The van der Waals surface area contributed by atoms with E-state index >= 15 is 0 Å². The summed E-state index contributed by atoms with van der Waals surface area (Å²) in [6.45, 7) is 1.66. The van der Waals surface area contributed by atoms with Crippen molar-refractivity contribution in [2.75, 3.05) is 6.54 Å². The molecular formula is C16H17FN4O3. The predicted octanol–water partition coefficient (Wildman–Crippen LogP) is 0.987. The van der Waals surface area contributed by atoms with E-state index in [0.29, 0.717) is 17.7 Å². The van der Waals surface area contributed by atoms with Gasteiger partial charge in [0, 0.05) is 23.9 Å². The molecule has 0 unspecified atom stereocenters. The highest BCUT2D eigenvalue weighted by Crippen LogP contribution is 2.23. The molecule has 1 amide bonds. The van der Waals surface area contributed by atoms with Gasteiger partial charge in [0.05, 0.1) is 5.69 Å². The summed E-state index contributed by atoms with van der Waals surface area (Å²) >= 11 is 0. The van der Waals surface area contributed by atoms with E-state index in [1.807, 2.05) is 6.92 Å². The zero-order valence-electron chi connectivity index (χ0n) is 13.0. The Bertz CT molecular complexity index is 767. The average Bonchev–Trinajstić information content (AvgIpc) is 2.58. The molecule has 1 heterocycles. The number of halogens is 1. The van der Waals surface area contributed by atoms with E-state index in [9.17, 15) is 14.0 Å². The minimum atomic E-state index is -1.23. The van der Waals surface area contributed by atoms with E-state index in [1.165, 1.54) is 18.5 Å². The standard InChI is InChI=1S/C16H17FN4O3/c1-2-9-6-19-8-21-14(9)10-3-11(5-12(17)4-10)15(22)20-7-13(18)16(23)24/h3-6,8,13H,2,7,18H2,1H3,(H,20,22)(H,23,24)/t13-/m1/s1. The summed E-state index contributed by atoms with van der Waals surface area (Å²) in [6, 6.07) is 2.61. The fourth-order valence-corrected chi connectivity index (χ4v) is 2.13. The number of amides is 1. The molecular weight excluding hydrogens is 315 g/mol. The maximum Gasteiger partial charge on any atom is 0.322 e. The Kier molecular flexibility index (Phi) is 5.54. The van der Waals surface area contributed by atoms with Crippen LogP contribution in [0.15, 0.2) is 30.7 Å². The van der Waals surface area contributed by atoms with E-state index in [2.05, 4.69) is 15.3 Å². The quantitative estimate of drug-likeness (QED) is 0.726. The Morgan fingerprint density at radius 3 is 2.79 bits per heavy atom. The first-order chi connectivity index (χ1) is 11.4. The third-order valence-corrected chi connectivity index (χ3v) is 3.40. The van der Waals surface area contributed by atoms with Gasteiger partial charge < -0.3 is 16.2 Å². The van der Waals surface area contributed by atoms with Crippen molar-refractivity contribution in [1.82, 2.24) is 15.3 Å². The molecule has 0 radical (unpaired) electrons. The van der Waals surface area contributed by atoms with Crippen LogP contribution in [0.5, 0.6) is 0 Å².